The van der Waals surface area contributed by atoms with Crippen LogP contribution in [0.1, 0.15) is 64.5 Å². The zero-order valence-corrected chi connectivity index (χ0v) is 30.9. The van der Waals surface area contributed by atoms with Gasteiger partial charge in [-0.1, -0.05) is 0 Å². The summed E-state index contributed by atoms with van der Waals surface area (Å²) in [4.78, 5) is 108. The van der Waals surface area contributed by atoms with Crippen molar-refractivity contribution in [1.82, 2.24) is 41.9 Å². The number of unbranched alkanes of at least 4 members (excludes halogenated alkanes) is 2. The zero-order chi connectivity index (χ0) is 41.7. The fraction of sp³-hybridized carbons (Fsp3) is 0.656. The molecule has 0 aliphatic heterocycles. The Morgan fingerprint density at radius 2 is 1.24 bits per heavy atom. The number of nitrogens with two attached hydrogens (primary N) is 4. The topological polar surface area (TPSA) is 402 Å². The van der Waals surface area contributed by atoms with Gasteiger partial charge in [-0.3, -0.25) is 33.6 Å². The van der Waals surface area contributed by atoms with E-state index in [1.165, 1.54) is 26.4 Å². The van der Waals surface area contributed by atoms with Crippen LogP contribution in [0.4, 0.5) is 0 Å². The van der Waals surface area contributed by atoms with Crippen LogP contribution in [-0.2, 0) is 44.8 Å². The number of carbonyl (C=O) groups is 8. The van der Waals surface area contributed by atoms with E-state index in [0.29, 0.717) is 31.4 Å². The third kappa shape index (κ3) is 17.6. The zero-order valence-electron chi connectivity index (χ0n) is 30.9. The molecule has 0 saturated carbocycles. The Bertz CT molecular complexity index is 1430. The van der Waals surface area contributed by atoms with Gasteiger partial charge in [-0.05, 0) is 65.5 Å². The van der Waals surface area contributed by atoms with Crippen molar-refractivity contribution in [2.75, 3.05) is 19.7 Å². The van der Waals surface area contributed by atoms with Gasteiger partial charge in [0, 0.05) is 18.3 Å². The number of aliphatic hydroxyl groups is 2. The minimum Gasteiger partial charge on any atom is -0.480 e. The second-order valence-electron chi connectivity index (χ2n) is 12.8. The molecule has 310 valence electrons. The smallest absolute Gasteiger partial charge is 0.326 e. The number of aromatic nitrogens is 2. The van der Waals surface area contributed by atoms with E-state index >= 15 is 0 Å². The number of H-pyrrole nitrogens is 1. The van der Waals surface area contributed by atoms with Crippen molar-refractivity contribution in [3.63, 3.8) is 0 Å². The van der Waals surface area contributed by atoms with Crippen molar-refractivity contribution in [2.45, 2.75) is 114 Å². The van der Waals surface area contributed by atoms with E-state index in [2.05, 4.69) is 41.9 Å². The lowest BCUT2D eigenvalue weighted by Gasteiger charge is -2.28. The predicted molar refractivity (Wildman–Crippen MR) is 194 cm³/mol. The number of nitrogens with one attached hydrogen (secondary N) is 7. The maximum atomic E-state index is 13.5. The molecule has 23 nitrogen and oxygen atoms in total. The van der Waals surface area contributed by atoms with Gasteiger partial charge in [0.2, 0.25) is 41.4 Å². The third-order valence-corrected chi connectivity index (χ3v) is 8.14. The summed E-state index contributed by atoms with van der Waals surface area (Å²) < 4.78 is 0. The number of carbonyl (C=O) groups excluding carboxylic acids is 7. The van der Waals surface area contributed by atoms with Gasteiger partial charge >= 0.3 is 5.97 Å². The van der Waals surface area contributed by atoms with Gasteiger partial charge in [0.1, 0.15) is 36.3 Å². The lowest BCUT2D eigenvalue weighted by molar-refractivity contribution is -0.144. The lowest BCUT2D eigenvalue weighted by Crippen LogP contribution is -2.61. The Kier molecular flexibility index (Phi) is 21.7. The highest BCUT2D eigenvalue weighted by Crippen LogP contribution is 2.07. The highest BCUT2D eigenvalue weighted by atomic mass is 16.4. The Labute approximate surface area is 317 Å². The Morgan fingerprint density at radius 1 is 0.727 bits per heavy atom. The SMILES string of the molecule is C[C@H](NC(=O)[C@H](CO)NC(=O)[C@@H](N)Cc1cnc[nH]1)C(=O)N[C@@H](CCCCN)C(=O)N[C@H](C(=O)N[C@@H](CCCCN)C(=O)N[C@@H](CC(N)=O)C(=O)O)[C@@H](C)O. The molecule has 1 aromatic rings. The molecule has 0 saturated heterocycles. The number of aliphatic hydroxyl groups excluding tert-OH is 2. The number of imidazole rings is 1. The van der Waals surface area contributed by atoms with Crippen molar-refractivity contribution in [3.05, 3.63) is 18.2 Å². The third-order valence-electron chi connectivity index (χ3n) is 8.14. The van der Waals surface area contributed by atoms with E-state index in [1.54, 1.807) is 0 Å². The van der Waals surface area contributed by atoms with Gasteiger partial charge in [0.25, 0.3) is 0 Å². The first kappa shape index (κ1) is 47.8. The number of carboxylic acid groups (broad SMARTS) is 1. The average Bonchev–Trinajstić information content (AvgIpc) is 3.63. The van der Waals surface area contributed by atoms with Gasteiger partial charge in [-0.15, -0.1) is 0 Å². The molecule has 1 rings (SSSR count). The van der Waals surface area contributed by atoms with Crippen LogP contribution in [0.5, 0.6) is 0 Å². The monoisotopic (exact) mass is 784 g/mol. The summed E-state index contributed by atoms with van der Waals surface area (Å²) in [6.07, 6.45) is 2.14. The highest BCUT2D eigenvalue weighted by molar-refractivity contribution is 5.97. The molecule has 0 radical (unpaired) electrons. The van der Waals surface area contributed by atoms with E-state index in [1.807, 2.05) is 0 Å². The van der Waals surface area contributed by atoms with E-state index in [-0.39, 0.29) is 32.4 Å². The first-order valence-electron chi connectivity index (χ1n) is 17.7. The molecule has 0 unspecified atom stereocenters. The Morgan fingerprint density at radius 3 is 1.71 bits per heavy atom. The largest absolute Gasteiger partial charge is 0.480 e. The minimum absolute atomic E-state index is 0.00763. The number of nitrogens with zero attached hydrogens (tertiary/aromatic N) is 1. The van der Waals surface area contributed by atoms with Crippen LogP contribution >= 0.6 is 0 Å². The number of hydrogen-bond acceptors (Lipinski definition) is 14. The number of rotatable bonds is 27. The lowest BCUT2D eigenvalue weighted by atomic mass is 10.0. The van der Waals surface area contributed by atoms with Gasteiger partial charge in [0.15, 0.2) is 0 Å². The fourth-order valence-electron chi connectivity index (χ4n) is 4.99. The van der Waals surface area contributed by atoms with Crippen molar-refractivity contribution in [3.8, 4) is 0 Å². The Hall–Kier alpha value is -5.23. The van der Waals surface area contributed by atoms with Gasteiger partial charge in [-0.2, -0.15) is 0 Å². The van der Waals surface area contributed by atoms with Crippen molar-refractivity contribution < 1.29 is 53.7 Å². The normalized spacial score (nSPS) is 15.4. The van der Waals surface area contributed by atoms with Crippen LogP contribution in [0.3, 0.4) is 0 Å². The molecule has 0 aliphatic rings. The maximum absolute atomic E-state index is 13.5. The van der Waals surface area contributed by atoms with Crippen LogP contribution in [0.2, 0.25) is 0 Å². The Balaban J connectivity index is 3.06. The maximum Gasteiger partial charge on any atom is 0.326 e. The highest BCUT2D eigenvalue weighted by Gasteiger charge is 2.34. The molecule has 55 heavy (non-hydrogen) atoms. The summed E-state index contributed by atoms with van der Waals surface area (Å²) in [6, 6.07) is -9.97. The number of primary amides is 1. The van der Waals surface area contributed by atoms with Crippen LogP contribution in [0.25, 0.3) is 0 Å². The first-order chi connectivity index (χ1) is 25.9. The summed E-state index contributed by atoms with van der Waals surface area (Å²) in [7, 11) is 0. The number of carboxylic acids is 1. The second kappa shape index (κ2) is 25.0. The molecule has 23 heteroatoms. The number of hydrogen-bond donors (Lipinski definition) is 14. The molecule has 0 fully saturated rings. The summed E-state index contributed by atoms with van der Waals surface area (Å²) in [5.41, 5.74) is 22.7. The van der Waals surface area contributed by atoms with Crippen molar-refractivity contribution in [1.29, 1.82) is 0 Å². The van der Waals surface area contributed by atoms with E-state index in [4.69, 9.17) is 22.9 Å². The summed E-state index contributed by atoms with van der Waals surface area (Å²) in [6.45, 7) is 2.12. The molecule has 18 N–H and O–H groups in total. The molecule has 8 atom stereocenters. The molecule has 1 aromatic heterocycles. The molecular formula is C32H56N12O11. The van der Waals surface area contributed by atoms with Gasteiger partial charge in [0.05, 0.1) is 31.5 Å². The summed E-state index contributed by atoms with van der Waals surface area (Å²) in [5, 5.41) is 43.7. The van der Waals surface area contributed by atoms with Gasteiger partial charge < -0.3 is 75.1 Å². The van der Waals surface area contributed by atoms with E-state index in [9.17, 15) is 53.7 Å². The molecule has 7 amide bonds. The van der Waals surface area contributed by atoms with Crippen LogP contribution in [0, 0.1) is 0 Å². The molecule has 0 bridgehead atoms. The number of aromatic amines is 1. The van der Waals surface area contributed by atoms with Crippen molar-refractivity contribution >= 4 is 47.3 Å². The number of aliphatic carboxylic acids is 1. The van der Waals surface area contributed by atoms with Crippen LogP contribution in [-0.4, -0.2) is 141 Å². The molecule has 1 heterocycles. The summed E-state index contributed by atoms with van der Waals surface area (Å²) >= 11 is 0. The molecule has 0 spiro atoms. The predicted octanol–water partition coefficient (Wildman–Crippen LogP) is -6.20. The fourth-order valence-corrected chi connectivity index (χ4v) is 4.99. The van der Waals surface area contributed by atoms with Crippen molar-refractivity contribution in [2.24, 2.45) is 22.9 Å². The molecule has 0 aliphatic carbocycles. The molecule has 0 aromatic carbocycles. The van der Waals surface area contributed by atoms with E-state index < -0.39 is 109 Å². The molecular weight excluding hydrogens is 728 g/mol. The van der Waals surface area contributed by atoms with Gasteiger partial charge in [-0.25, -0.2) is 9.78 Å². The second-order valence-corrected chi connectivity index (χ2v) is 12.8. The number of amides is 7. The quantitative estimate of drug-likeness (QED) is 0.0369. The summed E-state index contributed by atoms with van der Waals surface area (Å²) in [5.74, 6) is -8.04. The van der Waals surface area contributed by atoms with Crippen LogP contribution < -0.4 is 54.8 Å². The standard InChI is InChI=1S/C32H56N12O11/c1-16(39-30(52)23(14-45)43-27(49)19(35)11-18-13-37-15-38-18)26(48)40-21(8-4-6-10-34)29(51)44-25(17(2)46)31(53)41-20(7-3-5-9-33)28(50)42-22(32(54)55)12-24(36)47/h13,15-17,19-23,25,45-46H,3-12,14,33-35H2,1-2H3,(H2,36,47)(H,37,38)(H,39,52)(H,40,48)(H,41,53)(H,42,50)(H,43,49)(H,44,51)(H,54,55)/t16-,17+,19-,20-,21-,22-,23-,25-/m0/s1. The van der Waals surface area contributed by atoms with E-state index in [0.717, 1.165) is 0 Å². The van der Waals surface area contributed by atoms with Crippen LogP contribution in [0.15, 0.2) is 12.5 Å². The average molecular weight is 785 g/mol. The minimum atomic E-state index is -1.69. The first-order valence-corrected chi connectivity index (χ1v) is 17.7.